The molecule has 0 aliphatic rings. The van der Waals surface area contributed by atoms with Crippen LogP contribution in [0.5, 0.6) is 0 Å². The third-order valence-electron chi connectivity index (χ3n) is 2.62. The number of para-hydroxylation sites is 2. The van der Waals surface area contributed by atoms with Crippen LogP contribution >= 0.6 is 34.5 Å². The first-order chi connectivity index (χ1) is 8.99. The van der Waals surface area contributed by atoms with E-state index >= 15 is 0 Å². The first-order valence-electron chi connectivity index (χ1n) is 5.43. The molecule has 0 bridgehead atoms. The van der Waals surface area contributed by atoms with Gasteiger partial charge in [-0.15, -0.1) is 11.3 Å². The van der Waals surface area contributed by atoms with Crippen LogP contribution in [-0.4, -0.2) is 4.92 Å². The maximum atomic E-state index is 10.9. The van der Waals surface area contributed by atoms with Gasteiger partial charge in [0.05, 0.1) is 19.6 Å². The molecule has 1 aromatic heterocycles. The smallest absolute Gasteiger partial charge is 0.292 e. The van der Waals surface area contributed by atoms with Crippen LogP contribution in [0.1, 0.15) is 18.5 Å². The van der Waals surface area contributed by atoms with Crippen LogP contribution in [0.4, 0.5) is 11.4 Å². The van der Waals surface area contributed by atoms with Gasteiger partial charge in [-0.3, -0.25) is 10.1 Å². The maximum absolute atomic E-state index is 10.9. The van der Waals surface area contributed by atoms with Crippen molar-refractivity contribution >= 4 is 45.9 Å². The molecule has 2 rings (SSSR count). The Morgan fingerprint density at radius 2 is 2.05 bits per heavy atom. The fourth-order valence-electron chi connectivity index (χ4n) is 1.71. The summed E-state index contributed by atoms with van der Waals surface area (Å²) in [5.41, 5.74) is 1.32. The summed E-state index contributed by atoms with van der Waals surface area (Å²) in [5.74, 6) is 0. The van der Waals surface area contributed by atoms with E-state index in [0.717, 1.165) is 5.56 Å². The van der Waals surface area contributed by atoms with Gasteiger partial charge in [0.15, 0.2) is 0 Å². The first-order valence-corrected chi connectivity index (χ1v) is 7.01. The summed E-state index contributed by atoms with van der Waals surface area (Å²) in [4.78, 5) is 10.5. The first kappa shape index (κ1) is 14.1. The molecule has 1 N–H and O–H groups in total. The monoisotopic (exact) mass is 316 g/mol. The number of hydrogen-bond donors (Lipinski definition) is 1. The number of nitro benzene ring substituents is 1. The lowest BCUT2D eigenvalue weighted by atomic mass is 10.1. The van der Waals surface area contributed by atoms with E-state index in [-0.39, 0.29) is 11.7 Å². The van der Waals surface area contributed by atoms with Crippen molar-refractivity contribution < 1.29 is 4.92 Å². The molecule has 7 heteroatoms. The molecule has 100 valence electrons. The minimum atomic E-state index is -0.419. The Kier molecular flexibility index (Phi) is 4.29. The molecule has 0 spiro atoms. The Hall–Kier alpha value is -1.30. The van der Waals surface area contributed by atoms with Crippen molar-refractivity contribution in [2.75, 3.05) is 5.32 Å². The predicted molar refractivity (Wildman–Crippen MR) is 79.5 cm³/mol. The fraction of sp³-hybridized carbons (Fsp3) is 0.167. The molecule has 4 nitrogen and oxygen atoms in total. The number of nitro groups is 1. The molecule has 1 heterocycles. The molecule has 0 saturated carbocycles. The van der Waals surface area contributed by atoms with Gasteiger partial charge in [0.25, 0.3) is 5.69 Å². The number of benzene rings is 1. The Morgan fingerprint density at radius 1 is 1.37 bits per heavy atom. The van der Waals surface area contributed by atoms with Crippen LogP contribution in [0.15, 0.2) is 30.3 Å². The predicted octanol–water partition coefficient (Wildman–Crippen LogP) is 5.14. The normalized spacial score (nSPS) is 12.2. The second kappa shape index (κ2) is 5.77. The lowest BCUT2D eigenvalue weighted by molar-refractivity contribution is -0.384. The molecule has 1 aromatic carbocycles. The second-order valence-electron chi connectivity index (χ2n) is 3.92. The SMILES string of the molecule is CC(Nc1ccccc1[N+](=O)[O-])c1cc(Cl)sc1Cl. The molecule has 0 amide bonds. The third kappa shape index (κ3) is 3.18. The van der Waals surface area contributed by atoms with Crippen molar-refractivity contribution in [3.63, 3.8) is 0 Å². The highest BCUT2D eigenvalue weighted by Gasteiger charge is 2.18. The summed E-state index contributed by atoms with van der Waals surface area (Å²) in [6, 6.07) is 8.08. The maximum Gasteiger partial charge on any atom is 0.292 e. The van der Waals surface area contributed by atoms with Crippen molar-refractivity contribution in [3.05, 3.63) is 54.7 Å². The molecule has 0 saturated heterocycles. The Balaban J connectivity index is 2.26. The van der Waals surface area contributed by atoms with Crippen LogP contribution in [0, 0.1) is 10.1 Å². The summed E-state index contributed by atoms with van der Waals surface area (Å²) in [7, 11) is 0. The Labute approximate surface area is 124 Å². The molecule has 0 radical (unpaired) electrons. The molecule has 0 aliphatic heterocycles. The lowest BCUT2D eigenvalue weighted by Gasteiger charge is -2.14. The zero-order valence-electron chi connectivity index (χ0n) is 9.89. The highest BCUT2D eigenvalue weighted by Crippen LogP contribution is 2.37. The molecule has 2 aromatic rings. The fourth-order valence-corrected chi connectivity index (χ4v) is 3.36. The highest BCUT2D eigenvalue weighted by molar-refractivity contribution is 7.20. The molecule has 1 atom stereocenters. The van der Waals surface area contributed by atoms with E-state index in [9.17, 15) is 10.1 Å². The standard InChI is InChI=1S/C12H10Cl2N2O2S/c1-7(8-6-11(13)19-12(8)14)15-9-4-2-3-5-10(9)16(17)18/h2-7,15H,1H3. The zero-order valence-corrected chi connectivity index (χ0v) is 12.2. The van der Waals surface area contributed by atoms with E-state index in [2.05, 4.69) is 5.32 Å². The quantitative estimate of drug-likeness (QED) is 0.628. The lowest BCUT2D eigenvalue weighted by Crippen LogP contribution is -2.07. The van der Waals surface area contributed by atoms with Crippen molar-refractivity contribution in [2.24, 2.45) is 0 Å². The largest absolute Gasteiger partial charge is 0.373 e. The van der Waals surface area contributed by atoms with Gasteiger partial charge in [-0.1, -0.05) is 35.3 Å². The number of halogens is 2. The summed E-state index contributed by atoms with van der Waals surface area (Å²) < 4.78 is 1.18. The van der Waals surface area contributed by atoms with E-state index in [1.807, 2.05) is 6.92 Å². The van der Waals surface area contributed by atoms with Crippen LogP contribution < -0.4 is 5.32 Å². The van der Waals surface area contributed by atoms with Crippen LogP contribution in [0.3, 0.4) is 0 Å². The van der Waals surface area contributed by atoms with Gasteiger partial charge >= 0.3 is 0 Å². The van der Waals surface area contributed by atoms with Crippen molar-refractivity contribution in [1.82, 2.24) is 0 Å². The molecular weight excluding hydrogens is 307 g/mol. The van der Waals surface area contributed by atoms with E-state index in [1.54, 1.807) is 24.3 Å². The van der Waals surface area contributed by atoms with Crippen molar-refractivity contribution in [2.45, 2.75) is 13.0 Å². The van der Waals surface area contributed by atoms with Crippen LogP contribution in [0.2, 0.25) is 8.67 Å². The summed E-state index contributed by atoms with van der Waals surface area (Å²) in [6.07, 6.45) is 0. The van der Waals surface area contributed by atoms with E-state index in [1.165, 1.54) is 17.4 Å². The molecule has 1 unspecified atom stereocenters. The minimum Gasteiger partial charge on any atom is -0.373 e. The number of hydrogen-bond acceptors (Lipinski definition) is 4. The van der Waals surface area contributed by atoms with Gasteiger partial charge in [0.1, 0.15) is 5.69 Å². The minimum absolute atomic E-state index is 0.0341. The number of nitrogens with one attached hydrogen (secondary N) is 1. The average Bonchev–Trinajstić information content (AvgIpc) is 2.69. The summed E-state index contributed by atoms with van der Waals surface area (Å²) in [5, 5.41) is 14.0. The van der Waals surface area contributed by atoms with Gasteiger partial charge in [-0.05, 0) is 19.1 Å². The Morgan fingerprint density at radius 3 is 2.63 bits per heavy atom. The number of rotatable bonds is 4. The zero-order chi connectivity index (χ0) is 14.0. The van der Waals surface area contributed by atoms with E-state index in [4.69, 9.17) is 23.2 Å². The van der Waals surface area contributed by atoms with Crippen molar-refractivity contribution in [1.29, 1.82) is 0 Å². The highest BCUT2D eigenvalue weighted by atomic mass is 35.5. The summed E-state index contributed by atoms with van der Waals surface area (Å²) in [6.45, 7) is 1.88. The number of thiophene rings is 1. The van der Waals surface area contributed by atoms with E-state index in [0.29, 0.717) is 14.4 Å². The van der Waals surface area contributed by atoms with Gasteiger partial charge < -0.3 is 5.32 Å². The van der Waals surface area contributed by atoms with Crippen LogP contribution in [0.25, 0.3) is 0 Å². The van der Waals surface area contributed by atoms with Crippen LogP contribution in [-0.2, 0) is 0 Å². The van der Waals surface area contributed by atoms with Gasteiger partial charge in [-0.25, -0.2) is 0 Å². The number of nitrogens with zero attached hydrogens (tertiary/aromatic N) is 1. The topological polar surface area (TPSA) is 55.2 Å². The third-order valence-corrected chi connectivity index (χ3v) is 4.14. The number of anilines is 1. The summed E-state index contributed by atoms with van der Waals surface area (Å²) >= 11 is 13.2. The van der Waals surface area contributed by atoms with Gasteiger partial charge in [-0.2, -0.15) is 0 Å². The second-order valence-corrected chi connectivity index (χ2v) is 6.21. The molecule has 0 aliphatic carbocycles. The molecule has 0 fully saturated rings. The van der Waals surface area contributed by atoms with E-state index < -0.39 is 4.92 Å². The van der Waals surface area contributed by atoms with Gasteiger partial charge in [0.2, 0.25) is 0 Å². The average molecular weight is 317 g/mol. The van der Waals surface area contributed by atoms with Gasteiger partial charge in [0, 0.05) is 11.6 Å². The van der Waals surface area contributed by atoms with Crippen molar-refractivity contribution in [3.8, 4) is 0 Å². The Bertz CT molecular complexity index is 616. The molecular formula is C12H10Cl2N2O2S. The molecule has 19 heavy (non-hydrogen) atoms.